The topological polar surface area (TPSA) is 117 Å². The van der Waals surface area contributed by atoms with Crippen LogP contribution >= 0.6 is 11.8 Å². The van der Waals surface area contributed by atoms with Gasteiger partial charge in [-0.3, -0.25) is 28.6 Å². The molecule has 0 unspecified atom stereocenters. The second-order valence-corrected chi connectivity index (χ2v) is 11.2. The van der Waals surface area contributed by atoms with Crippen molar-refractivity contribution in [2.75, 3.05) is 23.9 Å². The van der Waals surface area contributed by atoms with Gasteiger partial charge in [0.05, 0.1) is 15.5 Å². The summed E-state index contributed by atoms with van der Waals surface area (Å²) >= 11 is 0.830. The number of hydrogen-bond donors (Lipinski definition) is 1. The number of thioether (sulfide) groups is 1. The Morgan fingerprint density at radius 2 is 1.92 bits per heavy atom. The molecule has 0 aliphatic carbocycles. The summed E-state index contributed by atoms with van der Waals surface area (Å²) < 4.78 is 27.9. The maximum absolute atomic E-state index is 13.3. The number of carbonyl (C=O) groups excluding carboxylic acids is 3. The van der Waals surface area contributed by atoms with Gasteiger partial charge < -0.3 is 5.32 Å². The number of imide groups is 1. The number of fused-ring (bicyclic) bond motifs is 1. The van der Waals surface area contributed by atoms with Gasteiger partial charge in [0.2, 0.25) is 0 Å². The third-order valence-electron chi connectivity index (χ3n) is 6.01. The molecule has 2 aromatic carbocycles. The number of amides is 3. The fourth-order valence-electron chi connectivity index (χ4n) is 4.17. The summed E-state index contributed by atoms with van der Waals surface area (Å²) in [7, 11) is -3.85. The van der Waals surface area contributed by atoms with Crippen molar-refractivity contribution in [3.63, 3.8) is 0 Å². The fourth-order valence-corrected chi connectivity index (χ4v) is 6.59. The number of sulfonamides is 1. The summed E-state index contributed by atoms with van der Waals surface area (Å²) in [6.07, 6.45) is 5.43. The Kier molecular flexibility index (Phi) is 6.81. The highest BCUT2D eigenvalue weighted by Gasteiger charge is 2.35. The van der Waals surface area contributed by atoms with Crippen LogP contribution in [0.4, 0.5) is 10.5 Å². The van der Waals surface area contributed by atoms with Gasteiger partial charge in [-0.15, -0.1) is 0 Å². The molecule has 1 N–H and O–H groups in total. The number of aromatic nitrogens is 1. The molecule has 2 aliphatic heterocycles. The minimum absolute atomic E-state index is 0.0106. The molecular formula is C26H22N4O5S2. The van der Waals surface area contributed by atoms with E-state index in [4.69, 9.17) is 0 Å². The lowest BCUT2D eigenvalue weighted by Gasteiger charge is -2.20. The molecule has 0 spiro atoms. The molecule has 1 aromatic heterocycles. The average Bonchev–Trinajstić information content (AvgIpc) is 3.46. The number of para-hydroxylation sites is 1. The molecule has 3 aromatic rings. The zero-order valence-electron chi connectivity index (χ0n) is 19.5. The number of carbonyl (C=O) groups is 3. The Morgan fingerprint density at radius 3 is 2.73 bits per heavy atom. The molecule has 9 nitrogen and oxygen atoms in total. The lowest BCUT2D eigenvalue weighted by Crippen LogP contribution is -2.37. The number of pyridine rings is 1. The van der Waals surface area contributed by atoms with Crippen molar-refractivity contribution in [3.05, 3.63) is 94.7 Å². The van der Waals surface area contributed by atoms with Gasteiger partial charge in [-0.2, -0.15) is 0 Å². The SMILES string of the molecule is O=C(NCCN1C(=O)S/C(=C\c2cccnc2)C1=O)c1cccc(S(=O)(=O)N2CCc3ccccc32)c1. The van der Waals surface area contributed by atoms with E-state index < -0.39 is 27.1 Å². The average molecular weight is 535 g/mol. The molecule has 11 heteroatoms. The summed E-state index contributed by atoms with van der Waals surface area (Å²) in [6, 6.07) is 16.7. The summed E-state index contributed by atoms with van der Waals surface area (Å²) in [6.45, 7) is 0.349. The zero-order chi connectivity index (χ0) is 26.0. The molecule has 188 valence electrons. The highest BCUT2D eigenvalue weighted by atomic mass is 32.2. The molecule has 0 bridgehead atoms. The van der Waals surface area contributed by atoms with Crippen LogP contribution in [0.15, 0.2) is 82.9 Å². The largest absolute Gasteiger partial charge is 0.350 e. The maximum Gasteiger partial charge on any atom is 0.293 e. The lowest BCUT2D eigenvalue weighted by atomic mass is 10.2. The van der Waals surface area contributed by atoms with Crippen molar-refractivity contribution in [2.45, 2.75) is 11.3 Å². The second-order valence-electron chi connectivity index (χ2n) is 8.36. The van der Waals surface area contributed by atoms with E-state index in [0.29, 0.717) is 24.2 Å². The quantitative estimate of drug-likeness (QED) is 0.462. The van der Waals surface area contributed by atoms with E-state index in [1.807, 2.05) is 12.1 Å². The van der Waals surface area contributed by atoms with Crippen LogP contribution in [0, 0.1) is 0 Å². The first-order valence-corrected chi connectivity index (χ1v) is 13.7. The summed E-state index contributed by atoms with van der Waals surface area (Å²) in [5, 5.41) is 2.24. The Labute approximate surface area is 218 Å². The van der Waals surface area contributed by atoms with Crippen molar-refractivity contribution in [2.24, 2.45) is 0 Å². The van der Waals surface area contributed by atoms with Crippen LogP contribution < -0.4 is 9.62 Å². The Balaban J connectivity index is 1.23. The van der Waals surface area contributed by atoms with Crippen molar-refractivity contribution in [3.8, 4) is 0 Å². The van der Waals surface area contributed by atoms with E-state index in [1.54, 1.807) is 42.7 Å². The second kappa shape index (κ2) is 10.2. The van der Waals surface area contributed by atoms with Gasteiger partial charge in [-0.25, -0.2) is 8.42 Å². The monoisotopic (exact) mass is 534 g/mol. The van der Waals surface area contributed by atoms with Gasteiger partial charge in [-0.1, -0.05) is 30.3 Å². The van der Waals surface area contributed by atoms with Crippen LogP contribution in [-0.4, -0.2) is 55.0 Å². The Morgan fingerprint density at radius 1 is 1.08 bits per heavy atom. The molecule has 37 heavy (non-hydrogen) atoms. The Hall–Kier alpha value is -3.96. The van der Waals surface area contributed by atoms with Gasteiger partial charge in [0, 0.05) is 37.6 Å². The zero-order valence-corrected chi connectivity index (χ0v) is 21.2. The first kappa shape index (κ1) is 24.7. The van der Waals surface area contributed by atoms with Crippen molar-refractivity contribution in [1.82, 2.24) is 15.2 Å². The van der Waals surface area contributed by atoms with Gasteiger partial charge >= 0.3 is 0 Å². The minimum atomic E-state index is -3.85. The van der Waals surface area contributed by atoms with Gasteiger partial charge in [0.25, 0.3) is 27.1 Å². The first-order chi connectivity index (χ1) is 17.8. The van der Waals surface area contributed by atoms with Crippen LogP contribution in [0.3, 0.4) is 0 Å². The van der Waals surface area contributed by atoms with E-state index in [2.05, 4.69) is 10.3 Å². The van der Waals surface area contributed by atoms with Gasteiger partial charge in [-0.05, 0) is 65.7 Å². The molecule has 3 heterocycles. The van der Waals surface area contributed by atoms with Gasteiger partial charge in [0.15, 0.2) is 0 Å². The fraction of sp³-hybridized carbons (Fsp3) is 0.154. The van der Waals surface area contributed by atoms with E-state index >= 15 is 0 Å². The third-order valence-corrected chi connectivity index (χ3v) is 8.72. The number of benzene rings is 2. The molecule has 5 rings (SSSR count). The molecule has 0 atom stereocenters. The normalized spacial score (nSPS) is 16.4. The van der Waals surface area contributed by atoms with Crippen LogP contribution in [0.1, 0.15) is 21.5 Å². The molecule has 0 saturated carbocycles. The predicted molar refractivity (Wildman–Crippen MR) is 140 cm³/mol. The van der Waals surface area contributed by atoms with Crippen LogP contribution in [0.25, 0.3) is 6.08 Å². The smallest absolute Gasteiger partial charge is 0.293 e. The van der Waals surface area contributed by atoms with E-state index in [0.717, 1.165) is 22.2 Å². The van der Waals surface area contributed by atoms with Gasteiger partial charge in [0.1, 0.15) is 0 Å². The lowest BCUT2D eigenvalue weighted by molar-refractivity contribution is -0.122. The standard InChI is InChI=1S/C26H22N4O5S2/c31-24(28-12-14-29-25(32)23(36-26(29)33)15-18-5-4-11-27-17-18)20-7-3-8-21(16-20)37(34,35)30-13-10-19-6-1-2-9-22(19)30/h1-9,11,15-17H,10,12-14H2,(H,28,31)/b23-15-. The van der Waals surface area contributed by atoms with E-state index in [9.17, 15) is 22.8 Å². The molecule has 1 saturated heterocycles. The molecule has 1 fully saturated rings. The number of anilines is 1. The number of nitrogens with zero attached hydrogens (tertiary/aromatic N) is 3. The van der Waals surface area contributed by atoms with Crippen LogP contribution in [0.5, 0.6) is 0 Å². The minimum Gasteiger partial charge on any atom is -0.350 e. The highest BCUT2D eigenvalue weighted by molar-refractivity contribution is 8.18. The van der Waals surface area contributed by atoms with E-state index in [1.165, 1.54) is 28.6 Å². The van der Waals surface area contributed by atoms with Crippen LogP contribution in [-0.2, 0) is 21.2 Å². The molecular weight excluding hydrogens is 512 g/mol. The van der Waals surface area contributed by atoms with Crippen molar-refractivity contribution < 1.29 is 22.8 Å². The molecule has 2 aliphatic rings. The summed E-state index contributed by atoms with van der Waals surface area (Å²) in [5.41, 5.74) is 2.47. The highest BCUT2D eigenvalue weighted by Crippen LogP contribution is 2.33. The number of rotatable bonds is 7. The van der Waals surface area contributed by atoms with Crippen molar-refractivity contribution >= 4 is 50.6 Å². The number of hydrogen-bond acceptors (Lipinski definition) is 7. The maximum atomic E-state index is 13.3. The summed E-state index contributed by atoms with van der Waals surface area (Å²) in [5.74, 6) is -0.941. The Bertz CT molecular complexity index is 1520. The molecule has 0 radical (unpaired) electrons. The van der Waals surface area contributed by atoms with Crippen molar-refractivity contribution in [1.29, 1.82) is 0 Å². The third kappa shape index (κ3) is 5.00. The first-order valence-electron chi connectivity index (χ1n) is 11.5. The summed E-state index contributed by atoms with van der Waals surface area (Å²) in [4.78, 5) is 43.1. The van der Waals surface area contributed by atoms with Crippen LogP contribution in [0.2, 0.25) is 0 Å². The van der Waals surface area contributed by atoms with E-state index in [-0.39, 0.29) is 28.5 Å². The predicted octanol–water partition coefficient (Wildman–Crippen LogP) is 3.30. The number of nitrogens with one attached hydrogen (secondary N) is 1. The molecule has 3 amide bonds.